The van der Waals surface area contributed by atoms with Gasteiger partial charge in [0.15, 0.2) is 0 Å². The largest absolute Gasteiger partial charge is 0.355 e. The van der Waals surface area contributed by atoms with Gasteiger partial charge in [0, 0.05) is 47.5 Å². The van der Waals surface area contributed by atoms with Crippen molar-refractivity contribution in [2.45, 2.75) is 58.0 Å². The zero-order valence-electron chi connectivity index (χ0n) is 21.1. The molecule has 2 amide bonds. The van der Waals surface area contributed by atoms with Gasteiger partial charge in [0.25, 0.3) is 0 Å². The first-order valence-electron chi connectivity index (χ1n) is 12.2. The van der Waals surface area contributed by atoms with Crippen LogP contribution >= 0.6 is 11.6 Å². The van der Waals surface area contributed by atoms with Gasteiger partial charge in [0.05, 0.1) is 12.3 Å². The van der Waals surface area contributed by atoms with Gasteiger partial charge in [-0.3, -0.25) is 14.6 Å². The summed E-state index contributed by atoms with van der Waals surface area (Å²) in [5.41, 5.74) is 1.84. The molecular formula is C29H33ClFN3O2. The lowest BCUT2D eigenvalue weighted by molar-refractivity contribution is -0.137. The Morgan fingerprint density at radius 1 is 0.944 bits per heavy atom. The van der Waals surface area contributed by atoms with Gasteiger partial charge in [-0.15, -0.1) is 0 Å². The molecule has 2 atom stereocenters. The molecule has 3 rings (SSSR count). The number of benzene rings is 2. The van der Waals surface area contributed by atoms with Crippen LogP contribution in [0.25, 0.3) is 0 Å². The predicted molar refractivity (Wildman–Crippen MR) is 141 cm³/mol. The minimum absolute atomic E-state index is 0.00844. The summed E-state index contributed by atoms with van der Waals surface area (Å²) < 4.78 is 14.2. The summed E-state index contributed by atoms with van der Waals surface area (Å²) in [5.74, 6) is -1.88. The highest BCUT2D eigenvalue weighted by molar-refractivity contribution is 6.31. The van der Waals surface area contributed by atoms with Gasteiger partial charge in [-0.1, -0.05) is 54.1 Å². The molecule has 1 aromatic heterocycles. The Morgan fingerprint density at radius 3 is 2.19 bits per heavy atom. The third-order valence-corrected chi connectivity index (χ3v) is 6.58. The van der Waals surface area contributed by atoms with Crippen LogP contribution in [0.2, 0.25) is 5.02 Å². The van der Waals surface area contributed by atoms with E-state index in [2.05, 4.69) is 10.3 Å². The first-order valence-corrected chi connectivity index (χ1v) is 12.5. The molecule has 0 fully saturated rings. The van der Waals surface area contributed by atoms with Crippen molar-refractivity contribution in [3.63, 3.8) is 0 Å². The molecule has 5 nitrogen and oxygen atoms in total. The lowest BCUT2D eigenvalue weighted by atomic mass is 9.80. The standard InChI is InChI=1S/C29H33ClFN3O2/c1-19(2)34(20(3)4)29(36)28(22-12-9-15-32-17-22)24(21-10-6-5-7-11-21)18-33-27(35)16-23-25(30)13-8-14-26(23)31/h5-15,17,19-20,24,28H,16,18H2,1-4H3,(H,33,35). The molecule has 0 aliphatic heterocycles. The van der Waals surface area contributed by atoms with Crippen LogP contribution in [0, 0.1) is 5.82 Å². The number of aromatic nitrogens is 1. The van der Waals surface area contributed by atoms with Gasteiger partial charge >= 0.3 is 0 Å². The number of pyridine rings is 1. The fraction of sp³-hybridized carbons (Fsp3) is 0.345. The zero-order valence-corrected chi connectivity index (χ0v) is 21.9. The van der Waals surface area contributed by atoms with Gasteiger partial charge in [0.1, 0.15) is 5.82 Å². The maximum atomic E-state index is 14.2. The molecule has 0 aliphatic carbocycles. The molecule has 0 radical (unpaired) electrons. The number of nitrogens with one attached hydrogen (secondary N) is 1. The number of amides is 2. The van der Waals surface area contributed by atoms with E-state index in [4.69, 9.17) is 11.6 Å². The van der Waals surface area contributed by atoms with E-state index >= 15 is 0 Å². The van der Waals surface area contributed by atoms with Crippen LogP contribution in [0.5, 0.6) is 0 Å². The number of hydrogen-bond acceptors (Lipinski definition) is 3. The molecule has 7 heteroatoms. The topological polar surface area (TPSA) is 62.3 Å². The van der Waals surface area contributed by atoms with Crippen molar-refractivity contribution in [3.8, 4) is 0 Å². The average molecular weight is 510 g/mol. The monoisotopic (exact) mass is 509 g/mol. The van der Waals surface area contributed by atoms with Crippen molar-refractivity contribution in [2.24, 2.45) is 0 Å². The van der Waals surface area contributed by atoms with E-state index in [1.807, 2.05) is 75.1 Å². The van der Waals surface area contributed by atoms with Gasteiger partial charge in [-0.05, 0) is 57.0 Å². The molecular weight excluding hydrogens is 477 g/mol. The summed E-state index contributed by atoms with van der Waals surface area (Å²) in [6.07, 6.45) is 3.19. The molecule has 3 aromatic rings. The summed E-state index contributed by atoms with van der Waals surface area (Å²) in [5, 5.41) is 3.14. The Balaban J connectivity index is 1.97. The van der Waals surface area contributed by atoms with Crippen LogP contribution < -0.4 is 5.32 Å². The van der Waals surface area contributed by atoms with E-state index in [9.17, 15) is 14.0 Å². The van der Waals surface area contributed by atoms with E-state index < -0.39 is 11.7 Å². The van der Waals surface area contributed by atoms with Crippen LogP contribution in [-0.4, -0.2) is 40.3 Å². The Kier molecular flexibility index (Phi) is 9.59. The Labute approximate surface area is 217 Å². The second-order valence-electron chi connectivity index (χ2n) is 9.40. The zero-order chi connectivity index (χ0) is 26.2. The van der Waals surface area contributed by atoms with Crippen molar-refractivity contribution >= 4 is 23.4 Å². The highest BCUT2D eigenvalue weighted by atomic mass is 35.5. The van der Waals surface area contributed by atoms with Gasteiger partial charge in [0.2, 0.25) is 11.8 Å². The molecule has 2 aromatic carbocycles. The van der Waals surface area contributed by atoms with E-state index in [-0.39, 0.29) is 53.4 Å². The average Bonchev–Trinajstić information content (AvgIpc) is 2.84. The lowest BCUT2D eigenvalue weighted by Crippen LogP contribution is -2.47. The Hall–Kier alpha value is -3.25. The second-order valence-corrected chi connectivity index (χ2v) is 9.80. The van der Waals surface area contributed by atoms with Gasteiger partial charge in [-0.25, -0.2) is 4.39 Å². The molecule has 36 heavy (non-hydrogen) atoms. The summed E-state index contributed by atoms with van der Waals surface area (Å²) in [4.78, 5) is 33.1. The van der Waals surface area contributed by atoms with Crippen LogP contribution in [-0.2, 0) is 16.0 Å². The third-order valence-electron chi connectivity index (χ3n) is 6.23. The second kappa shape index (κ2) is 12.6. The Bertz CT molecular complexity index is 1130. The minimum atomic E-state index is -0.580. The quantitative estimate of drug-likeness (QED) is 0.379. The maximum absolute atomic E-state index is 14.2. The molecule has 0 saturated heterocycles. The highest BCUT2D eigenvalue weighted by Crippen LogP contribution is 2.35. The molecule has 0 saturated carbocycles. The van der Waals surface area contributed by atoms with Gasteiger partial charge < -0.3 is 10.2 Å². The molecule has 0 spiro atoms. The number of nitrogens with zero attached hydrogens (tertiary/aromatic N) is 2. The summed E-state index contributed by atoms with van der Waals surface area (Å²) >= 11 is 6.12. The highest BCUT2D eigenvalue weighted by Gasteiger charge is 2.36. The summed E-state index contributed by atoms with van der Waals surface area (Å²) in [6, 6.07) is 17.7. The first-order chi connectivity index (χ1) is 17.2. The third kappa shape index (κ3) is 6.70. The van der Waals surface area contributed by atoms with Gasteiger partial charge in [-0.2, -0.15) is 0 Å². The van der Waals surface area contributed by atoms with Crippen LogP contribution in [0.4, 0.5) is 4.39 Å². The van der Waals surface area contributed by atoms with Crippen molar-refractivity contribution in [3.05, 3.63) is 101 Å². The molecule has 2 unspecified atom stereocenters. The number of carbonyl (C=O) groups is 2. The smallest absolute Gasteiger partial charge is 0.231 e. The van der Waals surface area contributed by atoms with Crippen molar-refractivity contribution in [2.75, 3.05) is 6.54 Å². The van der Waals surface area contributed by atoms with E-state index in [1.165, 1.54) is 12.1 Å². The van der Waals surface area contributed by atoms with Crippen molar-refractivity contribution < 1.29 is 14.0 Å². The molecule has 0 aliphatic rings. The van der Waals surface area contributed by atoms with E-state index in [0.29, 0.717) is 0 Å². The fourth-order valence-electron chi connectivity index (χ4n) is 4.65. The van der Waals surface area contributed by atoms with Crippen LogP contribution in [0.3, 0.4) is 0 Å². The van der Waals surface area contributed by atoms with E-state index in [0.717, 1.165) is 11.1 Å². The summed E-state index contributed by atoms with van der Waals surface area (Å²) in [6.45, 7) is 8.17. The van der Waals surface area contributed by atoms with Crippen molar-refractivity contribution in [1.29, 1.82) is 0 Å². The molecule has 190 valence electrons. The fourth-order valence-corrected chi connectivity index (χ4v) is 4.88. The lowest BCUT2D eigenvalue weighted by Gasteiger charge is -2.37. The Morgan fingerprint density at radius 2 is 1.61 bits per heavy atom. The predicted octanol–water partition coefficient (Wildman–Crippen LogP) is 5.75. The number of halogens is 2. The minimum Gasteiger partial charge on any atom is -0.355 e. The molecule has 1 heterocycles. The van der Waals surface area contributed by atoms with Crippen LogP contribution in [0.15, 0.2) is 73.1 Å². The normalized spacial score (nSPS) is 12.9. The maximum Gasteiger partial charge on any atom is 0.231 e. The number of carbonyl (C=O) groups excluding carboxylic acids is 2. The molecule has 0 bridgehead atoms. The first kappa shape index (κ1) is 27.3. The number of rotatable bonds is 10. The van der Waals surface area contributed by atoms with Crippen LogP contribution in [0.1, 0.15) is 56.2 Å². The summed E-state index contributed by atoms with van der Waals surface area (Å²) in [7, 11) is 0. The molecule has 1 N–H and O–H groups in total. The van der Waals surface area contributed by atoms with Crippen molar-refractivity contribution in [1.82, 2.24) is 15.2 Å². The SMILES string of the molecule is CC(C)N(C(=O)C(c1cccnc1)C(CNC(=O)Cc1c(F)cccc1Cl)c1ccccc1)C(C)C. The van der Waals surface area contributed by atoms with E-state index in [1.54, 1.807) is 18.5 Å². The number of hydrogen-bond donors (Lipinski definition) is 1.